The fourth-order valence-electron chi connectivity index (χ4n) is 2.10. The number of thiophene rings is 1. The summed E-state index contributed by atoms with van der Waals surface area (Å²) in [4.78, 5) is 13.6. The molecule has 0 aromatic carbocycles. The maximum Gasteiger partial charge on any atom is 0.252 e. The first-order chi connectivity index (χ1) is 9.67. The zero-order valence-corrected chi connectivity index (χ0v) is 13.9. The average molecular weight is 332 g/mol. The molecule has 21 heavy (non-hydrogen) atoms. The molecule has 1 fully saturated rings. The van der Waals surface area contributed by atoms with Crippen LogP contribution in [0.1, 0.15) is 13.8 Å². The van der Waals surface area contributed by atoms with Gasteiger partial charge in [0, 0.05) is 7.05 Å². The molecule has 2 heterocycles. The minimum Gasteiger partial charge on any atom is -0.386 e. The number of hydrogen-bond donors (Lipinski definition) is 1. The van der Waals surface area contributed by atoms with Crippen molar-refractivity contribution in [2.24, 2.45) is 5.92 Å². The highest BCUT2D eigenvalue weighted by molar-refractivity contribution is 7.91. The van der Waals surface area contributed by atoms with Gasteiger partial charge in [-0.15, -0.1) is 11.3 Å². The Morgan fingerprint density at radius 1 is 1.52 bits per heavy atom. The summed E-state index contributed by atoms with van der Waals surface area (Å²) in [6, 6.07) is 3.17. The van der Waals surface area contributed by atoms with Gasteiger partial charge < -0.3 is 10.0 Å². The molecule has 1 saturated heterocycles. The van der Waals surface area contributed by atoms with Crippen LogP contribution in [0.3, 0.4) is 0 Å². The van der Waals surface area contributed by atoms with Crippen molar-refractivity contribution in [1.29, 1.82) is 0 Å². The summed E-state index contributed by atoms with van der Waals surface area (Å²) in [7, 11) is -2.22. The lowest BCUT2D eigenvalue weighted by molar-refractivity contribution is -0.163. The number of hydrogen-bond acceptors (Lipinski definition) is 5. The molecule has 0 spiro atoms. The molecule has 1 aliphatic rings. The summed E-state index contributed by atoms with van der Waals surface area (Å²) in [5, 5.41) is 11.8. The molecule has 1 aromatic heterocycles. The molecule has 0 radical (unpaired) electrons. The van der Waals surface area contributed by atoms with Crippen LogP contribution >= 0.6 is 11.3 Å². The number of β-amino-alcohol motifs (C(OH)–C–C–N with tert-alkyl or cyclic N) is 1. The normalized spacial score (nSPS) is 18.1. The Morgan fingerprint density at radius 2 is 2.14 bits per heavy atom. The highest BCUT2D eigenvalue weighted by Crippen LogP contribution is 2.29. The first kappa shape index (κ1) is 16.4. The molecule has 1 amide bonds. The molecule has 6 nitrogen and oxygen atoms in total. The van der Waals surface area contributed by atoms with E-state index in [1.807, 2.05) is 13.8 Å². The van der Waals surface area contributed by atoms with Crippen LogP contribution < -0.4 is 0 Å². The molecule has 1 N–H and O–H groups in total. The van der Waals surface area contributed by atoms with E-state index in [4.69, 9.17) is 0 Å². The fraction of sp³-hybridized carbons (Fsp3) is 0.615. The van der Waals surface area contributed by atoms with E-state index in [2.05, 4.69) is 0 Å². The highest BCUT2D eigenvalue weighted by Gasteiger charge is 2.46. The fourth-order valence-corrected chi connectivity index (χ4v) is 4.42. The van der Waals surface area contributed by atoms with E-state index >= 15 is 0 Å². The first-order valence-corrected chi connectivity index (χ1v) is 8.99. The van der Waals surface area contributed by atoms with E-state index < -0.39 is 15.6 Å². The predicted octanol–water partition coefficient (Wildman–Crippen LogP) is 0.598. The summed E-state index contributed by atoms with van der Waals surface area (Å²) in [6.45, 7) is 4.10. The number of likely N-dealkylation sites (N-methyl/N-ethyl adjacent to an activating group) is 1. The van der Waals surface area contributed by atoms with Crippen LogP contribution in [0.2, 0.25) is 0 Å². The summed E-state index contributed by atoms with van der Waals surface area (Å²) in [6.07, 6.45) is 0. The van der Waals surface area contributed by atoms with Crippen molar-refractivity contribution in [1.82, 2.24) is 9.21 Å². The molecule has 2 rings (SSSR count). The topological polar surface area (TPSA) is 77.9 Å². The average Bonchev–Trinajstić information content (AvgIpc) is 2.88. The van der Waals surface area contributed by atoms with Crippen LogP contribution in [0, 0.1) is 5.92 Å². The number of amides is 1. The monoisotopic (exact) mass is 332 g/mol. The van der Waals surface area contributed by atoms with Crippen LogP contribution in [-0.4, -0.2) is 60.9 Å². The van der Waals surface area contributed by atoms with E-state index in [0.717, 1.165) is 15.6 Å². The maximum atomic E-state index is 12.2. The maximum absolute atomic E-state index is 12.2. The zero-order valence-electron chi connectivity index (χ0n) is 12.3. The molecule has 0 saturated carbocycles. The summed E-state index contributed by atoms with van der Waals surface area (Å²) in [5.74, 6) is -0.225. The van der Waals surface area contributed by atoms with E-state index in [0.29, 0.717) is 0 Å². The van der Waals surface area contributed by atoms with Crippen molar-refractivity contribution < 1.29 is 18.3 Å². The van der Waals surface area contributed by atoms with Crippen LogP contribution in [0.15, 0.2) is 21.7 Å². The van der Waals surface area contributed by atoms with Crippen molar-refractivity contribution in [3.8, 4) is 0 Å². The van der Waals surface area contributed by atoms with Gasteiger partial charge in [-0.25, -0.2) is 8.42 Å². The number of carbonyl (C=O) groups is 1. The number of likely N-dealkylation sites (tertiary alicyclic amines) is 1. The van der Waals surface area contributed by atoms with Crippen molar-refractivity contribution in [2.75, 3.05) is 26.7 Å². The molecule has 0 atom stereocenters. The van der Waals surface area contributed by atoms with E-state index in [-0.39, 0.29) is 35.7 Å². The SMILES string of the molecule is CC(C)C1(O)CN(C(=O)CN(C)S(=O)(=O)c2cccs2)C1. The first-order valence-electron chi connectivity index (χ1n) is 6.67. The van der Waals surface area contributed by atoms with Crippen LogP contribution in [0.25, 0.3) is 0 Å². The quantitative estimate of drug-likeness (QED) is 0.856. The molecule has 0 unspecified atom stereocenters. The second kappa shape index (κ2) is 5.68. The smallest absolute Gasteiger partial charge is 0.252 e. The minimum absolute atomic E-state index is 0.0640. The largest absolute Gasteiger partial charge is 0.386 e. The number of sulfonamides is 1. The third kappa shape index (κ3) is 3.13. The molecule has 0 aliphatic carbocycles. The van der Waals surface area contributed by atoms with E-state index in [1.165, 1.54) is 18.0 Å². The van der Waals surface area contributed by atoms with Crippen molar-refractivity contribution in [2.45, 2.75) is 23.7 Å². The van der Waals surface area contributed by atoms with Gasteiger partial charge in [-0.3, -0.25) is 4.79 Å². The number of rotatable bonds is 5. The molecule has 8 heteroatoms. The molecular weight excluding hydrogens is 312 g/mol. The van der Waals surface area contributed by atoms with Gasteiger partial charge in [0.25, 0.3) is 10.0 Å². The second-order valence-corrected chi connectivity index (χ2v) is 8.92. The lowest BCUT2D eigenvalue weighted by atomic mass is 9.83. The minimum atomic E-state index is -3.61. The Bertz CT molecular complexity index is 604. The van der Waals surface area contributed by atoms with Crippen LogP contribution in [0.4, 0.5) is 0 Å². The Balaban J connectivity index is 1.96. The Kier molecular flexibility index (Phi) is 4.44. The molecule has 1 aliphatic heterocycles. The number of nitrogens with zero attached hydrogens (tertiary/aromatic N) is 2. The zero-order chi connectivity index (χ0) is 15.8. The molecular formula is C13H20N2O4S2. The predicted molar refractivity (Wildman–Crippen MR) is 80.5 cm³/mol. The van der Waals surface area contributed by atoms with Gasteiger partial charge >= 0.3 is 0 Å². The lowest BCUT2D eigenvalue weighted by Crippen LogP contribution is -2.67. The third-order valence-corrected chi connectivity index (χ3v) is 7.05. The van der Waals surface area contributed by atoms with Gasteiger partial charge in [0.2, 0.25) is 5.91 Å². The van der Waals surface area contributed by atoms with Crippen molar-refractivity contribution >= 4 is 27.3 Å². The summed E-state index contributed by atoms with van der Waals surface area (Å²) in [5.41, 5.74) is -0.846. The van der Waals surface area contributed by atoms with Gasteiger partial charge in [-0.2, -0.15) is 4.31 Å². The Morgan fingerprint density at radius 3 is 2.62 bits per heavy atom. The van der Waals surface area contributed by atoms with Crippen LogP contribution in [-0.2, 0) is 14.8 Å². The molecule has 118 valence electrons. The van der Waals surface area contributed by atoms with E-state index in [9.17, 15) is 18.3 Å². The van der Waals surface area contributed by atoms with Gasteiger partial charge in [0.15, 0.2) is 0 Å². The Labute approximate surface area is 129 Å². The summed E-state index contributed by atoms with van der Waals surface area (Å²) >= 11 is 1.12. The van der Waals surface area contributed by atoms with Gasteiger partial charge in [-0.1, -0.05) is 19.9 Å². The van der Waals surface area contributed by atoms with Gasteiger partial charge in [0.1, 0.15) is 9.81 Å². The summed E-state index contributed by atoms with van der Waals surface area (Å²) < 4.78 is 25.7. The van der Waals surface area contributed by atoms with Crippen molar-refractivity contribution in [3.05, 3.63) is 17.5 Å². The van der Waals surface area contributed by atoms with E-state index in [1.54, 1.807) is 11.4 Å². The van der Waals surface area contributed by atoms with Crippen molar-refractivity contribution in [3.63, 3.8) is 0 Å². The number of carbonyl (C=O) groups excluding carboxylic acids is 1. The standard InChI is InChI=1S/C13H20N2O4S2/c1-10(2)13(17)8-15(9-13)11(16)7-14(3)21(18,19)12-5-4-6-20-12/h4-6,10,17H,7-9H2,1-3H3. The van der Waals surface area contributed by atoms with Crippen LogP contribution in [0.5, 0.6) is 0 Å². The third-order valence-electron chi connectivity index (χ3n) is 3.87. The lowest BCUT2D eigenvalue weighted by Gasteiger charge is -2.49. The molecule has 0 bridgehead atoms. The highest BCUT2D eigenvalue weighted by atomic mass is 32.2. The van der Waals surface area contributed by atoms with Gasteiger partial charge in [0.05, 0.1) is 19.6 Å². The Hall–Kier alpha value is -0.960. The van der Waals surface area contributed by atoms with Gasteiger partial charge in [-0.05, 0) is 17.4 Å². The number of aliphatic hydroxyl groups is 1. The second-order valence-electron chi connectivity index (χ2n) is 5.70. The molecule has 1 aromatic rings.